The highest BCUT2D eigenvalue weighted by atomic mass is 32.1. The first kappa shape index (κ1) is 13.1. The van der Waals surface area contributed by atoms with E-state index in [0.717, 1.165) is 24.3 Å². The fourth-order valence-electron chi connectivity index (χ4n) is 1.68. The second-order valence-electron chi connectivity index (χ2n) is 4.29. The molecule has 0 spiro atoms. The molecule has 0 aliphatic heterocycles. The highest BCUT2D eigenvalue weighted by Gasteiger charge is 2.03. The van der Waals surface area contributed by atoms with Gasteiger partial charge in [-0.25, -0.2) is 4.98 Å². The first-order valence-electron chi connectivity index (χ1n) is 6.12. The zero-order chi connectivity index (χ0) is 12.8. The van der Waals surface area contributed by atoms with Gasteiger partial charge >= 0.3 is 0 Å². The van der Waals surface area contributed by atoms with Crippen LogP contribution in [0.1, 0.15) is 24.6 Å². The largest absolute Gasteiger partial charge is 0.487 e. The van der Waals surface area contributed by atoms with Crippen LogP contribution < -0.4 is 10.5 Å². The molecule has 1 heterocycles. The van der Waals surface area contributed by atoms with Crippen molar-refractivity contribution in [2.75, 3.05) is 0 Å². The first-order chi connectivity index (χ1) is 8.78. The smallest absolute Gasteiger partial charge is 0.131 e. The van der Waals surface area contributed by atoms with Crippen LogP contribution in [0.3, 0.4) is 0 Å². The molecular weight excluding hydrogens is 244 g/mol. The average Bonchev–Trinajstić information content (AvgIpc) is 2.90. The number of rotatable bonds is 6. The first-order valence-corrected chi connectivity index (χ1v) is 7.06. The van der Waals surface area contributed by atoms with E-state index in [-0.39, 0.29) is 6.04 Å². The maximum atomic E-state index is 5.96. The maximum absolute atomic E-state index is 5.96. The molecule has 2 N–H and O–H groups in total. The molecule has 0 saturated carbocycles. The predicted molar refractivity (Wildman–Crippen MR) is 74.9 cm³/mol. The summed E-state index contributed by atoms with van der Waals surface area (Å²) in [6.45, 7) is 2.63. The minimum Gasteiger partial charge on any atom is -0.487 e. The van der Waals surface area contributed by atoms with E-state index in [9.17, 15) is 0 Å². The highest BCUT2D eigenvalue weighted by molar-refractivity contribution is 7.07. The third kappa shape index (κ3) is 3.82. The molecule has 0 bridgehead atoms. The van der Waals surface area contributed by atoms with E-state index in [1.54, 1.807) is 11.3 Å². The van der Waals surface area contributed by atoms with Gasteiger partial charge in [0.2, 0.25) is 0 Å². The number of thiazole rings is 1. The molecule has 1 aromatic heterocycles. The van der Waals surface area contributed by atoms with Crippen LogP contribution in [0.5, 0.6) is 5.75 Å². The minimum atomic E-state index is 0.221. The third-order valence-electron chi connectivity index (χ3n) is 2.79. The van der Waals surface area contributed by atoms with Crippen molar-refractivity contribution in [2.45, 2.75) is 32.4 Å². The highest BCUT2D eigenvalue weighted by Crippen LogP contribution is 2.16. The Bertz CT molecular complexity index is 470. The molecule has 2 aromatic rings. The van der Waals surface area contributed by atoms with E-state index < -0.39 is 0 Å². The van der Waals surface area contributed by atoms with Crippen molar-refractivity contribution in [2.24, 2.45) is 5.73 Å². The Labute approximate surface area is 112 Å². The SMILES string of the molecule is CCC(N)Cc1cccc(OCc2cscn2)c1. The van der Waals surface area contributed by atoms with Crippen LogP contribution >= 0.6 is 11.3 Å². The van der Waals surface area contributed by atoms with E-state index in [1.165, 1.54) is 5.56 Å². The number of nitrogens with zero attached hydrogens (tertiary/aromatic N) is 1. The van der Waals surface area contributed by atoms with Crippen molar-refractivity contribution in [3.05, 3.63) is 46.4 Å². The predicted octanol–water partition coefficient (Wildman–Crippen LogP) is 3.00. The van der Waals surface area contributed by atoms with Gasteiger partial charge in [0.05, 0.1) is 11.2 Å². The lowest BCUT2D eigenvalue weighted by Crippen LogP contribution is -2.21. The van der Waals surface area contributed by atoms with E-state index in [2.05, 4.69) is 24.0 Å². The summed E-state index contributed by atoms with van der Waals surface area (Å²) in [4.78, 5) is 4.19. The number of hydrogen-bond acceptors (Lipinski definition) is 4. The molecular formula is C14H18N2OS. The summed E-state index contributed by atoms with van der Waals surface area (Å²) in [5.41, 5.74) is 9.96. The van der Waals surface area contributed by atoms with Gasteiger partial charge in [-0.15, -0.1) is 11.3 Å². The second kappa shape index (κ2) is 6.52. The lowest BCUT2D eigenvalue weighted by atomic mass is 10.0. The van der Waals surface area contributed by atoms with Crippen LogP contribution in [0, 0.1) is 0 Å². The molecule has 0 radical (unpaired) electrons. The van der Waals surface area contributed by atoms with Crippen LogP contribution in [0.25, 0.3) is 0 Å². The van der Waals surface area contributed by atoms with Crippen molar-refractivity contribution in [3.8, 4) is 5.75 Å². The Kier molecular flexibility index (Phi) is 4.73. The van der Waals surface area contributed by atoms with Gasteiger partial charge in [-0.3, -0.25) is 0 Å². The van der Waals surface area contributed by atoms with Crippen LogP contribution in [0.4, 0.5) is 0 Å². The van der Waals surface area contributed by atoms with Gasteiger partial charge in [0, 0.05) is 11.4 Å². The fourth-order valence-corrected chi connectivity index (χ4v) is 2.22. The van der Waals surface area contributed by atoms with Crippen molar-refractivity contribution in [1.82, 2.24) is 4.98 Å². The quantitative estimate of drug-likeness (QED) is 0.870. The monoisotopic (exact) mass is 262 g/mol. The Morgan fingerprint density at radius 2 is 2.33 bits per heavy atom. The molecule has 4 heteroatoms. The molecule has 0 amide bonds. The van der Waals surface area contributed by atoms with Gasteiger partial charge in [0.15, 0.2) is 0 Å². The lowest BCUT2D eigenvalue weighted by Gasteiger charge is -2.10. The summed E-state index contributed by atoms with van der Waals surface area (Å²) < 4.78 is 5.71. The van der Waals surface area contributed by atoms with Crippen molar-refractivity contribution in [3.63, 3.8) is 0 Å². The zero-order valence-corrected chi connectivity index (χ0v) is 11.3. The van der Waals surface area contributed by atoms with Crippen LogP contribution in [-0.4, -0.2) is 11.0 Å². The van der Waals surface area contributed by atoms with Crippen LogP contribution in [-0.2, 0) is 13.0 Å². The van der Waals surface area contributed by atoms with Crippen molar-refractivity contribution < 1.29 is 4.74 Å². The summed E-state index contributed by atoms with van der Waals surface area (Å²) in [5, 5.41) is 2.00. The molecule has 0 aliphatic carbocycles. The Morgan fingerprint density at radius 3 is 3.06 bits per heavy atom. The van der Waals surface area contributed by atoms with E-state index in [4.69, 9.17) is 10.5 Å². The van der Waals surface area contributed by atoms with Gasteiger partial charge in [0.1, 0.15) is 12.4 Å². The fraction of sp³-hybridized carbons (Fsp3) is 0.357. The molecule has 1 unspecified atom stereocenters. The average molecular weight is 262 g/mol. The Hall–Kier alpha value is -1.39. The second-order valence-corrected chi connectivity index (χ2v) is 5.01. The van der Waals surface area contributed by atoms with Gasteiger partial charge in [-0.05, 0) is 30.5 Å². The van der Waals surface area contributed by atoms with E-state index >= 15 is 0 Å². The standard InChI is InChI=1S/C14H18N2OS/c1-2-12(15)6-11-4-3-5-14(7-11)17-8-13-9-18-10-16-13/h3-5,7,9-10,12H,2,6,8,15H2,1H3. The summed E-state index contributed by atoms with van der Waals surface area (Å²) in [6.07, 6.45) is 1.88. The molecule has 0 aliphatic rings. The molecule has 2 rings (SSSR count). The molecule has 3 nitrogen and oxygen atoms in total. The van der Waals surface area contributed by atoms with Crippen molar-refractivity contribution in [1.29, 1.82) is 0 Å². The molecule has 96 valence electrons. The zero-order valence-electron chi connectivity index (χ0n) is 10.5. The number of aromatic nitrogens is 1. The molecule has 1 aromatic carbocycles. The van der Waals surface area contributed by atoms with Crippen LogP contribution in [0.15, 0.2) is 35.2 Å². The Balaban J connectivity index is 1.94. The molecule has 18 heavy (non-hydrogen) atoms. The number of ether oxygens (including phenoxy) is 1. The normalized spacial score (nSPS) is 12.3. The maximum Gasteiger partial charge on any atom is 0.131 e. The van der Waals surface area contributed by atoms with Gasteiger partial charge in [0.25, 0.3) is 0 Å². The van der Waals surface area contributed by atoms with Gasteiger partial charge < -0.3 is 10.5 Å². The van der Waals surface area contributed by atoms with E-state index in [1.807, 2.05) is 23.0 Å². The van der Waals surface area contributed by atoms with Gasteiger partial charge in [-0.1, -0.05) is 19.1 Å². The molecule has 0 saturated heterocycles. The molecule has 0 fully saturated rings. The van der Waals surface area contributed by atoms with E-state index in [0.29, 0.717) is 6.61 Å². The topological polar surface area (TPSA) is 48.1 Å². The summed E-state index contributed by atoms with van der Waals surface area (Å²) >= 11 is 1.58. The summed E-state index contributed by atoms with van der Waals surface area (Å²) in [6, 6.07) is 8.34. The summed E-state index contributed by atoms with van der Waals surface area (Å²) in [7, 11) is 0. The lowest BCUT2D eigenvalue weighted by molar-refractivity contribution is 0.302. The number of hydrogen-bond donors (Lipinski definition) is 1. The third-order valence-corrected chi connectivity index (χ3v) is 3.43. The minimum absolute atomic E-state index is 0.221. The summed E-state index contributed by atoms with van der Waals surface area (Å²) in [5.74, 6) is 0.879. The van der Waals surface area contributed by atoms with Gasteiger partial charge in [-0.2, -0.15) is 0 Å². The molecule has 1 atom stereocenters. The number of nitrogens with two attached hydrogens (primary N) is 1. The Morgan fingerprint density at radius 1 is 1.44 bits per heavy atom. The number of benzene rings is 1. The van der Waals surface area contributed by atoms with Crippen LogP contribution in [0.2, 0.25) is 0 Å². The van der Waals surface area contributed by atoms with Crippen molar-refractivity contribution >= 4 is 11.3 Å².